The number of hydrogen-bond donors (Lipinski definition) is 2. The average Bonchev–Trinajstić information content (AvgIpc) is 2.39. The number of pyridine rings is 1. The zero-order chi connectivity index (χ0) is 13.8. The molecule has 2 N–H and O–H groups in total. The zero-order valence-corrected chi connectivity index (χ0v) is 10.9. The molecule has 0 saturated carbocycles. The summed E-state index contributed by atoms with van der Waals surface area (Å²) >= 11 is 0. The zero-order valence-electron chi connectivity index (χ0n) is 10.9. The van der Waals surface area contributed by atoms with Crippen LogP contribution in [0.2, 0.25) is 0 Å². The summed E-state index contributed by atoms with van der Waals surface area (Å²) in [7, 11) is 1.64. The van der Waals surface area contributed by atoms with Gasteiger partial charge in [-0.15, -0.1) is 0 Å². The minimum absolute atomic E-state index is 0.0941. The van der Waals surface area contributed by atoms with Crippen molar-refractivity contribution in [2.24, 2.45) is 0 Å². The van der Waals surface area contributed by atoms with Crippen LogP contribution in [0.15, 0.2) is 30.5 Å². The van der Waals surface area contributed by atoms with Crippen molar-refractivity contribution in [3.05, 3.63) is 36.0 Å². The first-order valence-corrected chi connectivity index (χ1v) is 6.00. The molecule has 5 heteroatoms. The predicted molar refractivity (Wildman–Crippen MR) is 73.7 cm³/mol. The van der Waals surface area contributed by atoms with Crippen LogP contribution in [0.5, 0.6) is 0 Å². The molecule has 1 atom stereocenters. The van der Waals surface area contributed by atoms with Crippen molar-refractivity contribution in [1.29, 1.82) is 0 Å². The Morgan fingerprint density at radius 3 is 2.74 bits per heavy atom. The molecule has 0 saturated heterocycles. The number of methoxy groups -OCH3 is 1. The number of aromatic nitrogens is 1. The van der Waals surface area contributed by atoms with Gasteiger partial charge < -0.3 is 15.2 Å². The summed E-state index contributed by atoms with van der Waals surface area (Å²) < 4.78 is 5.07. The number of aromatic carboxylic acids is 1. The molecule has 0 fully saturated rings. The molecule has 1 unspecified atom stereocenters. The lowest BCUT2D eigenvalue weighted by atomic mass is 10.1. The number of carbonyl (C=O) groups is 1. The van der Waals surface area contributed by atoms with Gasteiger partial charge in [0.15, 0.2) is 0 Å². The van der Waals surface area contributed by atoms with E-state index in [-0.39, 0.29) is 11.6 Å². The fourth-order valence-corrected chi connectivity index (χ4v) is 2.00. The number of nitrogens with zero attached hydrogens (tertiary/aromatic N) is 1. The fraction of sp³-hybridized carbons (Fsp3) is 0.286. The van der Waals surface area contributed by atoms with Crippen LogP contribution < -0.4 is 5.32 Å². The minimum atomic E-state index is -0.972. The number of ether oxygens (including phenoxy) is 1. The second-order valence-electron chi connectivity index (χ2n) is 4.37. The highest BCUT2D eigenvalue weighted by atomic mass is 16.5. The van der Waals surface area contributed by atoms with Crippen LogP contribution in [0, 0.1) is 0 Å². The highest BCUT2D eigenvalue weighted by molar-refractivity contribution is 6.06. The lowest BCUT2D eigenvalue weighted by Crippen LogP contribution is -2.21. The van der Waals surface area contributed by atoms with Crippen molar-refractivity contribution in [2.45, 2.75) is 13.0 Å². The number of benzene rings is 1. The van der Waals surface area contributed by atoms with E-state index in [0.29, 0.717) is 17.8 Å². The SMILES string of the molecule is COCC(C)Nc1ncc(C(=O)O)c2ccccc12. The number of fused-ring (bicyclic) bond motifs is 1. The quantitative estimate of drug-likeness (QED) is 0.863. The Hall–Kier alpha value is -2.14. The van der Waals surface area contributed by atoms with Gasteiger partial charge >= 0.3 is 5.97 Å². The van der Waals surface area contributed by atoms with E-state index < -0.39 is 5.97 Å². The summed E-state index contributed by atoms with van der Waals surface area (Å²) in [5.41, 5.74) is 0.209. The first kappa shape index (κ1) is 13.3. The van der Waals surface area contributed by atoms with Gasteiger partial charge in [0.05, 0.1) is 12.2 Å². The standard InChI is InChI=1S/C14H16N2O3/c1-9(8-19-2)16-13-11-6-4-3-5-10(11)12(7-15-13)14(17)18/h3-7,9H,8H2,1-2H3,(H,15,16)(H,17,18). The average molecular weight is 260 g/mol. The number of carboxylic acids is 1. The van der Waals surface area contributed by atoms with Crippen LogP contribution in [-0.4, -0.2) is 35.8 Å². The molecular formula is C14H16N2O3. The maximum absolute atomic E-state index is 11.2. The molecule has 100 valence electrons. The molecule has 0 aliphatic rings. The second kappa shape index (κ2) is 5.67. The van der Waals surface area contributed by atoms with E-state index in [9.17, 15) is 4.79 Å². The van der Waals surface area contributed by atoms with Crippen LogP contribution >= 0.6 is 0 Å². The molecule has 2 aromatic rings. The molecule has 5 nitrogen and oxygen atoms in total. The molecular weight excluding hydrogens is 244 g/mol. The number of nitrogens with one attached hydrogen (secondary N) is 1. The molecule has 0 amide bonds. The molecule has 0 bridgehead atoms. The molecule has 1 heterocycles. The lowest BCUT2D eigenvalue weighted by Gasteiger charge is -2.15. The summed E-state index contributed by atoms with van der Waals surface area (Å²) in [4.78, 5) is 15.4. The molecule has 0 aliphatic heterocycles. The minimum Gasteiger partial charge on any atom is -0.478 e. The molecule has 2 rings (SSSR count). The van der Waals surface area contributed by atoms with Crippen molar-refractivity contribution in [3.8, 4) is 0 Å². The van der Waals surface area contributed by atoms with Crippen molar-refractivity contribution in [1.82, 2.24) is 4.98 Å². The van der Waals surface area contributed by atoms with Crippen LogP contribution in [0.25, 0.3) is 10.8 Å². The Bertz CT molecular complexity index is 598. The van der Waals surface area contributed by atoms with E-state index in [1.54, 1.807) is 13.2 Å². The third-order valence-electron chi connectivity index (χ3n) is 2.83. The molecule has 0 radical (unpaired) electrons. The third kappa shape index (κ3) is 2.82. The summed E-state index contributed by atoms with van der Waals surface area (Å²) in [5.74, 6) is -0.301. The van der Waals surface area contributed by atoms with E-state index in [4.69, 9.17) is 9.84 Å². The number of anilines is 1. The van der Waals surface area contributed by atoms with Gasteiger partial charge in [-0.2, -0.15) is 0 Å². The molecule has 1 aromatic heterocycles. The summed E-state index contributed by atoms with van der Waals surface area (Å²) in [6.45, 7) is 2.53. The van der Waals surface area contributed by atoms with Gasteiger partial charge in [0.1, 0.15) is 5.82 Å². The van der Waals surface area contributed by atoms with Gasteiger partial charge in [0.2, 0.25) is 0 Å². The normalized spacial score (nSPS) is 12.3. The van der Waals surface area contributed by atoms with E-state index in [2.05, 4.69) is 10.3 Å². The second-order valence-corrected chi connectivity index (χ2v) is 4.37. The van der Waals surface area contributed by atoms with E-state index in [0.717, 1.165) is 5.39 Å². The monoisotopic (exact) mass is 260 g/mol. The van der Waals surface area contributed by atoms with Crippen LogP contribution in [-0.2, 0) is 4.74 Å². The molecule has 0 spiro atoms. The Kier molecular flexibility index (Phi) is 3.97. The maximum atomic E-state index is 11.2. The third-order valence-corrected chi connectivity index (χ3v) is 2.83. The first-order valence-electron chi connectivity index (χ1n) is 6.00. The molecule has 0 aliphatic carbocycles. The molecule has 1 aromatic carbocycles. The van der Waals surface area contributed by atoms with Crippen molar-refractivity contribution < 1.29 is 14.6 Å². The summed E-state index contributed by atoms with van der Waals surface area (Å²) in [6.07, 6.45) is 1.38. The van der Waals surface area contributed by atoms with E-state index in [1.807, 2.05) is 25.1 Å². The lowest BCUT2D eigenvalue weighted by molar-refractivity contribution is 0.0698. The highest BCUT2D eigenvalue weighted by Gasteiger charge is 2.13. The van der Waals surface area contributed by atoms with Gasteiger partial charge in [-0.1, -0.05) is 24.3 Å². The Labute approximate surface area is 111 Å². The van der Waals surface area contributed by atoms with Gasteiger partial charge in [0.25, 0.3) is 0 Å². The van der Waals surface area contributed by atoms with Crippen molar-refractivity contribution in [2.75, 3.05) is 19.0 Å². The van der Waals surface area contributed by atoms with E-state index >= 15 is 0 Å². The number of carboxylic acid groups (broad SMARTS) is 1. The van der Waals surface area contributed by atoms with Gasteiger partial charge in [-0.25, -0.2) is 9.78 Å². The van der Waals surface area contributed by atoms with Crippen LogP contribution in [0.1, 0.15) is 17.3 Å². The Morgan fingerprint density at radius 1 is 1.42 bits per heavy atom. The highest BCUT2D eigenvalue weighted by Crippen LogP contribution is 2.24. The van der Waals surface area contributed by atoms with E-state index in [1.165, 1.54) is 6.20 Å². The van der Waals surface area contributed by atoms with Gasteiger partial charge in [-0.3, -0.25) is 0 Å². The Balaban J connectivity index is 2.46. The fourth-order valence-electron chi connectivity index (χ4n) is 2.00. The topological polar surface area (TPSA) is 71.5 Å². The van der Waals surface area contributed by atoms with Crippen molar-refractivity contribution in [3.63, 3.8) is 0 Å². The number of rotatable bonds is 5. The van der Waals surface area contributed by atoms with Crippen LogP contribution in [0.3, 0.4) is 0 Å². The predicted octanol–water partition coefficient (Wildman–Crippen LogP) is 2.38. The largest absolute Gasteiger partial charge is 0.478 e. The van der Waals surface area contributed by atoms with Crippen molar-refractivity contribution >= 4 is 22.6 Å². The van der Waals surface area contributed by atoms with Gasteiger partial charge in [-0.05, 0) is 6.92 Å². The number of hydrogen-bond acceptors (Lipinski definition) is 4. The maximum Gasteiger partial charge on any atom is 0.337 e. The summed E-state index contributed by atoms with van der Waals surface area (Å²) in [6, 6.07) is 7.42. The molecule has 19 heavy (non-hydrogen) atoms. The van der Waals surface area contributed by atoms with Crippen LogP contribution in [0.4, 0.5) is 5.82 Å². The van der Waals surface area contributed by atoms with Gasteiger partial charge in [0, 0.05) is 30.1 Å². The smallest absolute Gasteiger partial charge is 0.337 e. The first-order chi connectivity index (χ1) is 9.13. The summed E-state index contributed by atoms with van der Waals surface area (Å²) in [5, 5.41) is 13.9. The Morgan fingerprint density at radius 2 is 2.11 bits per heavy atom.